The molecule has 0 unspecified atom stereocenters. The number of hydrogen-bond acceptors (Lipinski definition) is 3. The van der Waals surface area contributed by atoms with Crippen molar-refractivity contribution in [2.45, 2.75) is 0 Å². The second-order valence-corrected chi connectivity index (χ2v) is 5.73. The maximum absolute atomic E-state index is 12.3. The summed E-state index contributed by atoms with van der Waals surface area (Å²) in [6.45, 7) is 0. The number of hydrogen-bond donors (Lipinski definition) is 1. The number of nitro benzene ring substituents is 1. The minimum absolute atomic E-state index is 0.0348. The fourth-order valence-electron chi connectivity index (χ4n) is 2.38. The van der Waals surface area contributed by atoms with Crippen LogP contribution in [0.3, 0.4) is 0 Å². The van der Waals surface area contributed by atoms with E-state index in [1.807, 2.05) is 42.5 Å². The number of rotatable bonds is 4. The number of carbonyl (C=O) groups is 1. The molecule has 0 aliphatic heterocycles. The van der Waals surface area contributed by atoms with Gasteiger partial charge in [-0.25, -0.2) is 0 Å². The van der Waals surface area contributed by atoms with Crippen LogP contribution in [-0.2, 0) is 0 Å². The molecule has 3 rings (SSSR count). The van der Waals surface area contributed by atoms with E-state index in [-0.39, 0.29) is 16.3 Å². The first-order valence-electron chi connectivity index (χ1n) is 7.45. The lowest BCUT2D eigenvalue weighted by atomic mass is 10.1. The predicted octanol–water partition coefficient (Wildman–Crippen LogP) is 5.17. The second kappa shape index (κ2) is 7.15. The maximum atomic E-state index is 12.3. The Morgan fingerprint density at radius 2 is 1.56 bits per heavy atom. The lowest BCUT2D eigenvalue weighted by Gasteiger charge is -2.08. The van der Waals surface area contributed by atoms with Gasteiger partial charge in [-0.2, -0.15) is 0 Å². The van der Waals surface area contributed by atoms with E-state index in [0.29, 0.717) is 5.69 Å². The van der Waals surface area contributed by atoms with Crippen LogP contribution in [-0.4, -0.2) is 10.8 Å². The van der Waals surface area contributed by atoms with Crippen LogP contribution < -0.4 is 5.32 Å². The molecule has 3 aromatic rings. The van der Waals surface area contributed by atoms with E-state index in [2.05, 4.69) is 5.32 Å². The van der Waals surface area contributed by atoms with Gasteiger partial charge in [-0.3, -0.25) is 14.9 Å². The van der Waals surface area contributed by atoms with E-state index in [1.165, 1.54) is 12.1 Å². The van der Waals surface area contributed by atoms with Gasteiger partial charge in [-0.15, -0.1) is 0 Å². The van der Waals surface area contributed by atoms with Crippen molar-refractivity contribution in [3.05, 3.63) is 93.5 Å². The summed E-state index contributed by atoms with van der Waals surface area (Å²) < 4.78 is 0. The Bertz CT molecular complexity index is 925. The molecule has 0 radical (unpaired) electrons. The number of anilines is 1. The Morgan fingerprint density at radius 1 is 0.920 bits per heavy atom. The lowest BCUT2D eigenvalue weighted by Crippen LogP contribution is -2.12. The first kappa shape index (κ1) is 16.7. The average Bonchev–Trinajstić information content (AvgIpc) is 2.62. The molecular weight excluding hydrogens is 340 g/mol. The van der Waals surface area contributed by atoms with Crippen molar-refractivity contribution in [2.75, 3.05) is 5.32 Å². The van der Waals surface area contributed by atoms with Gasteiger partial charge in [0.15, 0.2) is 0 Å². The van der Waals surface area contributed by atoms with Gasteiger partial charge in [0.25, 0.3) is 11.6 Å². The molecule has 0 saturated heterocycles. The molecule has 0 aliphatic rings. The molecule has 5 nitrogen and oxygen atoms in total. The van der Waals surface area contributed by atoms with E-state index in [9.17, 15) is 14.9 Å². The van der Waals surface area contributed by atoms with Crippen molar-refractivity contribution >= 4 is 28.9 Å². The molecule has 0 aliphatic carbocycles. The van der Waals surface area contributed by atoms with E-state index >= 15 is 0 Å². The van der Waals surface area contributed by atoms with Crippen molar-refractivity contribution in [1.29, 1.82) is 0 Å². The summed E-state index contributed by atoms with van der Waals surface area (Å²) in [5.74, 6) is -0.424. The molecule has 0 atom stereocenters. The normalized spacial score (nSPS) is 10.3. The highest BCUT2D eigenvalue weighted by Crippen LogP contribution is 2.24. The Kier molecular flexibility index (Phi) is 4.77. The SMILES string of the molecule is O=C(Nc1ccc(-c2ccccc2)cc1)c1ccc([N+](=O)[O-])cc1Cl. The minimum Gasteiger partial charge on any atom is -0.322 e. The van der Waals surface area contributed by atoms with Crippen LogP contribution >= 0.6 is 11.6 Å². The van der Waals surface area contributed by atoms with Crippen molar-refractivity contribution in [3.8, 4) is 11.1 Å². The summed E-state index contributed by atoms with van der Waals surface area (Å²) in [4.78, 5) is 22.5. The number of amides is 1. The third-order valence-electron chi connectivity index (χ3n) is 3.66. The highest BCUT2D eigenvalue weighted by Gasteiger charge is 2.15. The highest BCUT2D eigenvalue weighted by atomic mass is 35.5. The van der Waals surface area contributed by atoms with E-state index in [4.69, 9.17) is 11.6 Å². The smallest absolute Gasteiger partial charge is 0.270 e. The lowest BCUT2D eigenvalue weighted by molar-refractivity contribution is -0.384. The number of carbonyl (C=O) groups excluding carboxylic acids is 1. The number of nitrogens with one attached hydrogen (secondary N) is 1. The summed E-state index contributed by atoms with van der Waals surface area (Å²) in [5.41, 5.74) is 2.75. The fraction of sp³-hybridized carbons (Fsp3) is 0. The van der Waals surface area contributed by atoms with Gasteiger partial charge in [0, 0.05) is 17.8 Å². The average molecular weight is 353 g/mol. The third-order valence-corrected chi connectivity index (χ3v) is 3.97. The summed E-state index contributed by atoms with van der Waals surface area (Å²) >= 11 is 5.97. The third kappa shape index (κ3) is 3.84. The number of benzene rings is 3. The van der Waals surface area contributed by atoms with Gasteiger partial charge < -0.3 is 5.32 Å². The molecule has 3 aromatic carbocycles. The quantitative estimate of drug-likeness (QED) is 0.520. The molecule has 124 valence electrons. The first-order valence-corrected chi connectivity index (χ1v) is 7.83. The highest BCUT2D eigenvalue weighted by molar-refractivity contribution is 6.34. The zero-order chi connectivity index (χ0) is 17.8. The van der Waals surface area contributed by atoms with Crippen LogP contribution in [0.1, 0.15) is 10.4 Å². The van der Waals surface area contributed by atoms with Crippen LogP contribution in [0.5, 0.6) is 0 Å². The first-order chi connectivity index (χ1) is 12.0. The molecule has 0 spiro atoms. The van der Waals surface area contributed by atoms with Crippen molar-refractivity contribution < 1.29 is 9.72 Å². The Balaban J connectivity index is 1.76. The molecule has 0 bridgehead atoms. The van der Waals surface area contributed by atoms with Gasteiger partial charge >= 0.3 is 0 Å². The summed E-state index contributed by atoms with van der Waals surface area (Å²) in [7, 11) is 0. The molecule has 25 heavy (non-hydrogen) atoms. The van der Waals surface area contributed by atoms with Gasteiger partial charge in [-0.05, 0) is 29.3 Å². The topological polar surface area (TPSA) is 72.2 Å². The molecule has 6 heteroatoms. The fourth-order valence-corrected chi connectivity index (χ4v) is 2.64. The number of nitrogens with zero attached hydrogens (tertiary/aromatic N) is 1. The maximum Gasteiger partial charge on any atom is 0.270 e. The Hall–Kier alpha value is -3.18. The van der Waals surface area contributed by atoms with Crippen LogP contribution in [0.25, 0.3) is 11.1 Å². The largest absolute Gasteiger partial charge is 0.322 e. The zero-order valence-corrected chi connectivity index (χ0v) is 13.7. The minimum atomic E-state index is -0.560. The number of non-ortho nitro benzene ring substituents is 1. The standard InChI is InChI=1S/C19H13ClN2O3/c20-18-12-16(22(24)25)10-11-17(18)19(23)21-15-8-6-14(7-9-15)13-4-2-1-3-5-13/h1-12H,(H,21,23). The van der Waals surface area contributed by atoms with E-state index in [1.54, 1.807) is 12.1 Å². The van der Waals surface area contributed by atoms with E-state index < -0.39 is 10.8 Å². The van der Waals surface area contributed by atoms with Gasteiger partial charge in [-0.1, -0.05) is 54.1 Å². The van der Waals surface area contributed by atoms with Crippen LogP contribution in [0.2, 0.25) is 5.02 Å². The molecule has 0 aromatic heterocycles. The second-order valence-electron chi connectivity index (χ2n) is 5.32. The molecule has 0 fully saturated rings. The molecule has 0 saturated carbocycles. The summed E-state index contributed by atoms with van der Waals surface area (Å²) in [5, 5.41) is 13.5. The number of nitro groups is 1. The predicted molar refractivity (Wildman–Crippen MR) is 97.9 cm³/mol. The van der Waals surface area contributed by atoms with Gasteiger partial charge in [0.2, 0.25) is 0 Å². The molecule has 1 amide bonds. The van der Waals surface area contributed by atoms with Crippen molar-refractivity contribution in [1.82, 2.24) is 0 Å². The van der Waals surface area contributed by atoms with Crippen molar-refractivity contribution in [3.63, 3.8) is 0 Å². The van der Waals surface area contributed by atoms with Crippen LogP contribution in [0.15, 0.2) is 72.8 Å². The van der Waals surface area contributed by atoms with Crippen molar-refractivity contribution in [2.24, 2.45) is 0 Å². The summed E-state index contributed by atoms with van der Waals surface area (Å²) in [6, 6.07) is 21.0. The van der Waals surface area contributed by atoms with Gasteiger partial charge in [0.1, 0.15) is 0 Å². The van der Waals surface area contributed by atoms with Crippen LogP contribution in [0, 0.1) is 10.1 Å². The Labute approximate surface area is 149 Å². The molecule has 1 N–H and O–H groups in total. The zero-order valence-electron chi connectivity index (χ0n) is 13.0. The van der Waals surface area contributed by atoms with Gasteiger partial charge in [0.05, 0.1) is 15.5 Å². The van der Waals surface area contributed by atoms with Crippen LogP contribution in [0.4, 0.5) is 11.4 Å². The molecular formula is C19H13ClN2O3. The van der Waals surface area contributed by atoms with E-state index in [0.717, 1.165) is 17.2 Å². The molecule has 0 heterocycles. The number of halogens is 1. The summed E-state index contributed by atoms with van der Waals surface area (Å²) in [6.07, 6.45) is 0. The monoisotopic (exact) mass is 352 g/mol. The Morgan fingerprint density at radius 3 is 2.16 bits per heavy atom.